The second-order valence-corrected chi connectivity index (χ2v) is 9.92. The number of anilines is 1. The van der Waals surface area contributed by atoms with Crippen LogP contribution in [0.2, 0.25) is 0 Å². The van der Waals surface area contributed by atoms with E-state index in [4.69, 9.17) is 4.74 Å². The molecule has 192 valence electrons. The minimum absolute atomic E-state index is 0.0819. The van der Waals surface area contributed by atoms with Crippen molar-refractivity contribution in [1.29, 1.82) is 0 Å². The highest BCUT2D eigenvalue weighted by atomic mass is 16.6. The van der Waals surface area contributed by atoms with Crippen molar-refractivity contribution in [2.24, 2.45) is 11.8 Å². The number of nitrogens with one attached hydrogen (secondary N) is 1. The molecule has 3 unspecified atom stereocenters. The molecule has 4 rings (SSSR count). The normalized spacial score (nSPS) is 18.0. The number of amides is 1. The van der Waals surface area contributed by atoms with E-state index in [9.17, 15) is 19.5 Å². The van der Waals surface area contributed by atoms with Crippen LogP contribution in [-0.4, -0.2) is 23.0 Å². The van der Waals surface area contributed by atoms with Gasteiger partial charge in [-0.2, -0.15) is 0 Å². The summed E-state index contributed by atoms with van der Waals surface area (Å²) in [5, 5.41) is 12.5. The Hall–Kier alpha value is -3.93. The summed E-state index contributed by atoms with van der Waals surface area (Å²) in [5.41, 5.74) is 3.92. The lowest BCUT2D eigenvalue weighted by Crippen LogP contribution is -2.37. The molecule has 3 aromatic carbocycles. The van der Waals surface area contributed by atoms with E-state index in [-0.39, 0.29) is 17.6 Å². The summed E-state index contributed by atoms with van der Waals surface area (Å²) in [5.74, 6) is -2.48. The van der Waals surface area contributed by atoms with Crippen LogP contribution in [0, 0.1) is 18.8 Å². The molecular weight excluding hydrogens is 466 g/mol. The van der Waals surface area contributed by atoms with Crippen molar-refractivity contribution in [2.75, 3.05) is 5.32 Å². The van der Waals surface area contributed by atoms with Gasteiger partial charge >= 0.3 is 11.9 Å². The molecule has 0 spiro atoms. The van der Waals surface area contributed by atoms with Crippen LogP contribution in [0.5, 0.6) is 5.75 Å². The molecular formula is C31H33NO5. The van der Waals surface area contributed by atoms with Gasteiger partial charge in [0.25, 0.3) is 0 Å². The predicted molar refractivity (Wildman–Crippen MR) is 142 cm³/mol. The molecule has 1 amide bonds. The lowest BCUT2D eigenvalue weighted by Gasteiger charge is -2.28. The van der Waals surface area contributed by atoms with Gasteiger partial charge < -0.3 is 15.2 Å². The molecule has 0 heterocycles. The van der Waals surface area contributed by atoms with Crippen molar-refractivity contribution in [3.8, 4) is 5.75 Å². The van der Waals surface area contributed by atoms with Crippen LogP contribution in [0.4, 0.5) is 5.69 Å². The van der Waals surface area contributed by atoms with Crippen molar-refractivity contribution in [3.63, 3.8) is 0 Å². The Morgan fingerprint density at radius 2 is 1.57 bits per heavy atom. The number of phenols is 1. The molecule has 0 saturated heterocycles. The van der Waals surface area contributed by atoms with Crippen LogP contribution >= 0.6 is 0 Å². The molecule has 1 fully saturated rings. The highest BCUT2D eigenvalue weighted by Crippen LogP contribution is 2.33. The predicted octanol–water partition coefficient (Wildman–Crippen LogP) is 6.18. The Morgan fingerprint density at radius 1 is 0.919 bits per heavy atom. The molecule has 1 aliphatic rings. The number of rotatable bonds is 7. The third-order valence-corrected chi connectivity index (χ3v) is 7.14. The van der Waals surface area contributed by atoms with Gasteiger partial charge in [0.2, 0.25) is 5.91 Å². The molecule has 0 aromatic heterocycles. The minimum Gasteiger partial charge on any atom is -0.508 e. The number of hydrogen-bond donors (Lipinski definition) is 2. The average Bonchev–Trinajstić information content (AvgIpc) is 2.90. The first kappa shape index (κ1) is 26.1. The quantitative estimate of drug-likeness (QED) is 0.299. The molecule has 3 aromatic rings. The Morgan fingerprint density at radius 3 is 2.27 bits per heavy atom. The summed E-state index contributed by atoms with van der Waals surface area (Å²) in [6.45, 7) is 4.01. The zero-order valence-corrected chi connectivity index (χ0v) is 21.3. The van der Waals surface area contributed by atoms with Crippen LogP contribution < -0.4 is 5.32 Å². The second-order valence-electron chi connectivity index (χ2n) is 9.92. The van der Waals surface area contributed by atoms with E-state index in [2.05, 4.69) is 5.32 Å². The third kappa shape index (κ3) is 6.64. The van der Waals surface area contributed by atoms with E-state index in [0.717, 1.165) is 29.5 Å². The van der Waals surface area contributed by atoms with Gasteiger partial charge in [0, 0.05) is 5.69 Å². The van der Waals surface area contributed by atoms with Gasteiger partial charge in [-0.25, -0.2) is 4.79 Å². The molecule has 6 heteroatoms. The third-order valence-electron chi connectivity index (χ3n) is 7.14. The van der Waals surface area contributed by atoms with E-state index >= 15 is 0 Å². The number of hydrogen-bond acceptors (Lipinski definition) is 5. The molecule has 1 saturated carbocycles. The zero-order chi connectivity index (χ0) is 26.4. The molecule has 2 N–H and O–H groups in total. The van der Waals surface area contributed by atoms with Gasteiger partial charge in [-0.05, 0) is 73.6 Å². The highest BCUT2D eigenvalue weighted by Gasteiger charge is 2.38. The first-order valence-electron chi connectivity index (χ1n) is 12.8. The molecule has 0 radical (unpaired) electrons. The van der Waals surface area contributed by atoms with Crippen molar-refractivity contribution in [3.05, 3.63) is 95.1 Å². The van der Waals surface area contributed by atoms with E-state index in [1.165, 1.54) is 0 Å². The number of carbonyl (C=O) groups is 3. The number of aryl methyl sites for hydroxylation is 1. The van der Waals surface area contributed by atoms with Crippen molar-refractivity contribution < 1.29 is 24.2 Å². The van der Waals surface area contributed by atoms with Gasteiger partial charge in [-0.3, -0.25) is 9.59 Å². The second kappa shape index (κ2) is 11.9. The smallest absolute Gasteiger partial charge is 0.346 e. The molecule has 0 aliphatic heterocycles. The number of benzene rings is 3. The van der Waals surface area contributed by atoms with E-state index in [1.807, 2.05) is 62.4 Å². The maximum atomic E-state index is 13.1. The van der Waals surface area contributed by atoms with Crippen molar-refractivity contribution >= 4 is 23.5 Å². The number of ether oxygens (including phenoxy) is 1. The number of carbonyl (C=O) groups excluding carboxylic acids is 3. The minimum atomic E-state index is -0.693. The molecule has 0 bridgehead atoms. The fourth-order valence-corrected chi connectivity index (χ4v) is 4.97. The van der Waals surface area contributed by atoms with E-state index in [1.54, 1.807) is 24.3 Å². The Bertz CT molecular complexity index is 1250. The van der Waals surface area contributed by atoms with Crippen molar-refractivity contribution in [1.82, 2.24) is 0 Å². The summed E-state index contributed by atoms with van der Waals surface area (Å²) in [7, 11) is 0. The number of aromatic hydroxyl groups is 1. The van der Waals surface area contributed by atoms with Crippen molar-refractivity contribution in [2.45, 2.75) is 51.9 Å². The monoisotopic (exact) mass is 499 g/mol. The Balaban J connectivity index is 1.44. The van der Waals surface area contributed by atoms with E-state index in [0.29, 0.717) is 30.5 Å². The SMILES string of the molecule is Cc1ccc(NC(=O)C2CCCCC2C(=O)OC(=O)c2ccccc2CC(C)c2ccc(O)cc2)cc1. The maximum absolute atomic E-state index is 13.1. The van der Waals surface area contributed by atoms with Crippen LogP contribution in [0.15, 0.2) is 72.8 Å². The standard InChI is InChI=1S/C31H33NO5/c1-20-11-15-24(16-12-20)32-29(34)27-9-5-6-10-28(27)31(36)37-30(35)26-8-4-3-7-23(26)19-21(2)22-13-17-25(33)18-14-22/h3-4,7-8,11-18,21,27-28,33H,5-6,9-10,19H2,1-2H3,(H,32,34). The molecule has 6 nitrogen and oxygen atoms in total. The summed E-state index contributed by atoms with van der Waals surface area (Å²) in [6.07, 6.45) is 3.31. The van der Waals surface area contributed by atoms with Gasteiger partial charge in [0.1, 0.15) is 5.75 Å². The first-order valence-corrected chi connectivity index (χ1v) is 12.8. The topological polar surface area (TPSA) is 92.7 Å². The Labute approximate surface area is 217 Å². The van der Waals surface area contributed by atoms with Gasteiger partial charge in [0.15, 0.2) is 0 Å². The fraction of sp³-hybridized carbons (Fsp3) is 0.323. The lowest BCUT2D eigenvalue weighted by molar-refractivity contribution is -0.148. The largest absolute Gasteiger partial charge is 0.508 e. The number of phenolic OH excluding ortho intramolecular Hbond substituents is 1. The first-order chi connectivity index (χ1) is 17.8. The van der Waals surface area contributed by atoms with Crippen LogP contribution in [0.3, 0.4) is 0 Å². The molecule has 3 atom stereocenters. The summed E-state index contributed by atoms with van der Waals surface area (Å²) in [4.78, 5) is 39.3. The van der Waals surface area contributed by atoms with Crippen LogP contribution in [-0.2, 0) is 20.7 Å². The van der Waals surface area contributed by atoms with E-state index < -0.39 is 23.8 Å². The Kier molecular flexibility index (Phi) is 8.39. The average molecular weight is 500 g/mol. The molecule has 1 aliphatic carbocycles. The van der Waals surface area contributed by atoms with Crippen LogP contribution in [0.25, 0.3) is 0 Å². The zero-order valence-electron chi connectivity index (χ0n) is 21.3. The van der Waals surface area contributed by atoms with Gasteiger partial charge in [-0.15, -0.1) is 0 Å². The highest BCUT2D eigenvalue weighted by molar-refractivity contribution is 6.01. The maximum Gasteiger partial charge on any atom is 0.346 e. The summed E-state index contributed by atoms with van der Waals surface area (Å²) < 4.78 is 5.38. The molecule has 37 heavy (non-hydrogen) atoms. The van der Waals surface area contributed by atoms with Gasteiger partial charge in [0.05, 0.1) is 17.4 Å². The fourth-order valence-electron chi connectivity index (χ4n) is 4.97. The van der Waals surface area contributed by atoms with Crippen LogP contribution in [0.1, 0.15) is 65.6 Å². The lowest BCUT2D eigenvalue weighted by atomic mass is 9.78. The number of esters is 2. The van der Waals surface area contributed by atoms with Gasteiger partial charge in [-0.1, -0.05) is 67.8 Å². The summed E-state index contributed by atoms with van der Waals surface area (Å²) >= 11 is 0. The summed E-state index contributed by atoms with van der Waals surface area (Å²) in [6, 6.07) is 21.6.